The Morgan fingerprint density at radius 1 is 1.16 bits per heavy atom. The molecular formula is C21H25BrClN3O4S. The van der Waals surface area contributed by atoms with Gasteiger partial charge in [0.1, 0.15) is 12.6 Å². The number of nitrogens with one attached hydrogen (secondary N) is 1. The molecule has 0 aromatic heterocycles. The quantitative estimate of drug-likeness (QED) is 0.567. The van der Waals surface area contributed by atoms with Gasteiger partial charge in [-0.2, -0.15) is 0 Å². The van der Waals surface area contributed by atoms with E-state index < -0.39 is 28.5 Å². The summed E-state index contributed by atoms with van der Waals surface area (Å²) in [5, 5.41) is 2.93. The number of carbonyl (C=O) groups excluding carboxylic acids is 2. The number of amides is 2. The van der Waals surface area contributed by atoms with Crippen LogP contribution in [0.5, 0.6) is 0 Å². The number of hydrogen-bond acceptors (Lipinski definition) is 4. The molecular weight excluding hydrogens is 506 g/mol. The number of benzene rings is 2. The third kappa shape index (κ3) is 6.69. The fraction of sp³-hybridized carbons (Fsp3) is 0.333. The van der Waals surface area contributed by atoms with Crippen molar-refractivity contribution in [3.63, 3.8) is 0 Å². The molecule has 2 aromatic carbocycles. The number of likely N-dealkylation sites (N-methyl/N-ethyl adjacent to an activating group) is 1. The van der Waals surface area contributed by atoms with Crippen LogP contribution in [0.3, 0.4) is 0 Å². The van der Waals surface area contributed by atoms with Crippen molar-refractivity contribution in [1.82, 2.24) is 10.2 Å². The van der Waals surface area contributed by atoms with Crippen molar-refractivity contribution in [2.24, 2.45) is 0 Å². The van der Waals surface area contributed by atoms with Crippen LogP contribution in [0.4, 0.5) is 5.69 Å². The van der Waals surface area contributed by atoms with Crippen molar-refractivity contribution >= 4 is 55.1 Å². The van der Waals surface area contributed by atoms with E-state index in [1.807, 2.05) is 24.3 Å². The molecule has 0 heterocycles. The number of rotatable bonds is 8. The monoisotopic (exact) mass is 529 g/mol. The van der Waals surface area contributed by atoms with Gasteiger partial charge in [-0.05, 0) is 49.2 Å². The van der Waals surface area contributed by atoms with Crippen LogP contribution in [0.1, 0.15) is 18.1 Å². The summed E-state index contributed by atoms with van der Waals surface area (Å²) < 4.78 is 26.8. The molecule has 0 unspecified atom stereocenters. The summed E-state index contributed by atoms with van der Waals surface area (Å²) in [6.07, 6.45) is 1.02. The Kier molecular flexibility index (Phi) is 8.50. The maximum Gasteiger partial charge on any atom is 0.244 e. The molecule has 0 saturated carbocycles. The smallest absolute Gasteiger partial charge is 0.244 e. The minimum atomic E-state index is -3.79. The summed E-state index contributed by atoms with van der Waals surface area (Å²) in [6.45, 7) is 3.08. The molecule has 2 amide bonds. The molecule has 0 saturated heterocycles. The lowest BCUT2D eigenvalue weighted by molar-refractivity contribution is -0.139. The summed E-state index contributed by atoms with van der Waals surface area (Å²) >= 11 is 9.53. The van der Waals surface area contributed by atoms with E-state index in [0.717, 1.165) is 26.2 Å². The summed E-state index contributed by atoms with van der Waals surface area (Å²) in [7, 11) is -2.30. The molecule has 10 heteroatoms. The molecule has 0 fully saturated rings. The second kappa shape index (κ2) is 10.5. The molecule has 0 spiro atoms. The standard InChI is InChI=1S/C21H25BrClN3O4S/c1-14-5-10-18(11-19(14)23)26(31(4,29)30)13-20(27)25(15(2)21(28)24-3)12-16-6-8-17(22)9-7-16/h5-11,15H,12-13H2,1-4H3,(H,24,28)/t15-/m1/s1. The maximum atomic E-state index is 13.3. The third-order valence-corrected chi connectivity index (χ3v) is 6.88. The Hall–Kier alpha value is -2.10. The van der Waals surface area contributed by atoms with E-state index in [2.05, 4.69) is 21.2 Å². The second-order valence-electron chi connectivity index (χ2n) is 7.14. The molecule has 0 bridgehead atoms. The highest BCUT2D eigenvalue weighted by Crippen LogP contribution is 2.25. The highest BCUT2D eigenvalue weighted by molar-refractivity contribution is 9.10. The summed E-state index contributed by atoms with van der Waals surface area (Å²) in [5.41, 5.74) is 1.87. The minimum absolute atomic E-state index is 0.146. The molecule has 168 valence electrons. The van der Waals surface area contributed by atoms with Gasteiger partial charge in [0.25, 0.3) is 0 Å². The zero-order chi connectivity index (χ0) is 23.3. The second-order valence-corrected chi connectivity index (χ2v) is 10.4. The highest BCUT2D eigenvalue weighted by atomic mass is 79.9. The minimum Gasteiger partial charge on any atom is -0.357 e. The average molecular weight is 531 g/mol. The van der Waals surface area contributed by atoms with Crippen LogP contribution in [0, 0.1) is 6.92 Å². The van der Waals surface area contributed by atoms with Gasteiger partial charge in [-0.15, -0.1) is 0 Å². The number of sulfonamides is 1. The van der Waals surface area contributed by atoms with Crippen LogP contribution >= 0.6 is 27.5 Å². The Bertz CT molecular complexity index is 1060. The van der Waals surface area contributed by atoms with Crippen LogP contribution in [-0.2, 0) is 26.2 Å². The van der Waals surface area contributed by atoms with Crippen molar-refractivity contribution < 1.29 is 18.0 Å². The normalized spacial score (nSPS) is 12.2. The van der Waals surface area contributed by atoms with Crippen molar-refractivity contribution in [2.45, 2.75) is 26.4 Å². The lowest BCUT2D eigenvalue weighted by atomic mass is 10.1. The number of halogens is 2. The summed E-state index contributed by atoms with van der Waals surface area (Å²) in [5.74, 6) is -0.865. The topological polar surface area (TPSA) is 86.8 Å². The predicted molar refractivity (Wildman–Crippen MR) is 127 cm³/mol. The van der Waals surface area contributed by atoms with Gasteiger partial charge in [0, 0.05) is 23.1 Å². The van der Waals surface area contributed by atoms with Crippen LogP contribution in [0.25, 0.3) is 0 Å². The van der Waals surface area contributed by atoms with Crippen LogP contribution in [0.2, 0.25) is 5.02 Å². The number of nitrogens with zero attached hydrogens (tertiary/aromatic N) is 2. The maximum absolute atomic E-state index is 13.3. The van der Waals surface area contributed by atoms with E-state index in [1.165, 1.54) is 18.0 Å². The first-order valence-corrected chi connectivity index (χ1v) is 12.5. The van der Waals surface area contributed by atoms with Crippen LogP contribution < -0.4 is 9.62 Å². The zero-order valence-corrected chi connectivity index (χ0v) is 20.9. The molecule has 7 nitrogen and oxygen atoms in total. The van der Waals surface area contributed by atoms with Crippen molar-refractivity contribution in [3.8, 4) is 0 Å². The van der Waals surface area contributed by atoms with Gasteiger partial charge in [0.05, 0.1) is 11.9 Å². The van der Waals surface area contributed by atoms with Gasteiger partial charge in [-0.1, -0.05) is 45.7 Å². The molecule has 0 aliphatic heterocycles. The van der Waals surface area contributed by atoms with E-state index >= 15 is 0 Å². The summed E-state index contributed by atoms with van der Waals surface area (Å²) in [6, 6.07) is 11.3. The van der Waals surface area contributed by atoms with Crippen LogP contribution in [-0.4, -0.2) is 51.0 Å². The number of aryl methyl sites for hydroxylation is 1. The molecule has 2 rings (SSSR count). The Morgan fingerprint density at radius 2 is 1.77 bits per heavy atom. The fourth-order valence-electron chi connectivity index (χ4n) is 2.93. The van der Waals surface area contributed by atoms with E-state index in [-0.39, 0.29) is 18.1 Å². The first-order valence-electron chi connectivity index (χ1n) is 9.43. The van der Waals surface area contributed by atoms with E-state index in [1.54, 1.807) is 26.0 Å². The molecule has 1 N–H and O–H groups in total. The fourth-order valence-corrected chi connectivity index (χ4v) is 4.21. The Balaban J connectivity index is 2.39. The van der Waals surface area contributed by atoms with Crippen molar-refractivity contribution in [1.29, 1.82) is 0 Å². The van der Waals surface area contributed by atoms with Gasteiger partial charge in [-0.25, -0.2) is 8.42 Å². The van der Waals surface area contributed by atoms with Crippen LogP contribution in [0.15, 0.2) is 46.9 Å². The molecule has 1 atom stereocenters. The van der Waals surface area contributed by atoms with Gasteiger partial charge >= 0.3 is 0 Å². The highest BCUT2D eigenvalue weighted by Gasteiger charge is 2.29. The van der Waals surface area contributed by atoms with Crippen molar-refractivity contribution in [3.05, 3.63) is 63.1 Å². The first-order chi connectivity index (χ1) is 14.4. The summed E-state index contributed by atoms with van der Waals surface area (Å²) in [4.78, 5) is 26.9. The zero-order valence-electron chi connectivity index (χ0n) is 17.7. The molecule has 0 radical (unpaired) electrons. The number of carbonyl (C=O) groups is 2. The predicted octanol–water partition coefficient (Wildman–Crippen LogP) is 3.34. The third-order valence-electron chi connectivity index (χ3n) is 4.80. The first kappa shape index (κ1) is 25.2. The SMILES string of the molecule is CNC(=O)[C@@H](C)N(Cc1ccc(Br)cc1)C(=O)CN(c1ccc(C)c(Cl)c1)S(C)(=O)=O. The lowest BCUT2D eigenvalue weighted by Crippen LogP contribution is -2.50. The van der Waals surface area contributed by atoms with Crippen molar-refractivity contribution in [2.75, 3.05) is 24.2 Å². The lowest BCUT2D eigenvalue weighted by Gasteiger charge is -2.31. The molecule has 0 aliphatic rings. The largest absolute Gasteiger partial charge is 0.357 e. The van der Waals surface area contributed by atoms with E-state index in [4.69, 9.17) is 11.6 Å². The molecule has 31 heavy (non-hydrogen) atoms. The number of hydrogen-bond donors (Lipinski definition) is 1. The Morgan fingerprint density at radius 3 is 2.29 bits per heavy atom. The van der Waals surface area contributed by atoms with E-state index in [0.29, 0.717) is 5.02 Å². The van der Waals surface area contributed by atoms with Gasteiger partial charge in [0.15, 0.2) is 0 Å². The molecule has 0 aliphatic carbocycles. The number of anilines is 1. The van der Waals surface area contributed by atoms with Gasteiger partial charge in [-0.3, -0.25) is 13.9 Å². The molecule has 2 aromatic rings. The van der Waals surface area contributed by atoms with Gasteiger partial charge in [0.2, 0.25) is 21.8 Å². The van der Waals surface area contributed by atoms with Gasteiger partial charge < -0.3 is 10.2 Å². The van der Waals surface area contributed by atoms with E-state index in [9.17, 15) is 18.0 Å². The Labute approximate surface area is 196 Å². The average Bonchev–Trinajstić information content (AvgIpc) is 2.71.